The molecule has 0 aliphatic heterocycles. The van der Waals surface area contributed by atoms with E-state index in [0.717, 1.165) is 0 Å². The van der Waals surface area contributed by atoms with Crippen molar-refractivity contribution < 1.29 is 4.79 Å². The van der Waals surface area contributed by atoms with Crippen LogP contribution in [0, 0.1) is 28.6 Å². The highest BCUT2D eigenvalue weighted by Gasteiger charge is 2.16. The minimum atomic E-state index is -0.124. The van der Waals surface area contributed by atoms with Crippen molar-refractivity contribution in [2.75, 3.05) is 13.1 Å². The first kappa shape index (κ1) is 14.7. The molecule has 0 radical (unpaired) electrons. The summed E-state index contributed by atoms with van der Waals surface area (Å²) in [5, 5.41) is 17.5. The molecule has 0 aliphatic carbocycles. The fourth-order valence-corrected chi connectivity index (χ4v) is 1.81. The number of nitrogens with zero attached hydrogens (tertiary/aromatic N) is 3. The summed E-state index contributed by atoms with van der Waals surface area (Å²) in [6, 6.07) is 10.7. The Morgan fingerprint density at radius 1 is 1.37 bits per heavy atom. The summed E-state index contributed by atoms with van der Waals surface area (Å²) in [4.78, 5) is 14.0. The Kier molecular flexibility index (Phi) is 5.57. The van der Waals surface area contributed by atoms with Crippen LogP contribution in [-0.4, -0.2) is 23.9 Å². The normalized spacial score (nSPS) is 9.74. The van der Waals surface area contributed by atoms with Gasteiger partial charge >= 0.3 is 0 Å². The molecule has 0 atom stereocenters. The monoisotopic (exact) mass is 255 g/mol. The van der Waals surface area contributed by atoms with E-state index < -0.39 is 0 Å². The molecule has 19 heavy (non-hydrogen) atoms. The molecule has 0 spiro atoms. The van der Waals surface area contributed by atoms with Crippen LogP contribution < -0.4 is 0 Å². The van der Waals surface area contributed by atoms with Crippen molar-refractivity contribution in [1.29, 1.82) is 10.5 Å². The number of carbonyl (C=O) groups is 1. The van der Waals surface area contributed by atoms with Gasteiger partial charge < -0.3 is 4.90 Å². The number of amides is 1. The SMILES string of the molecule is CC(C)CN(CCC#N)C(=O)c1cccc(C#N)c1. The fourth-order valence-electron chi connectivity index (χ4n) is 1.81. The maximum absolute atomic E-state index is 12.4. The second-order valence-electron chi connectivity index (χ2n) is 4.75. The number of rotatable bonds is 5. The van der Waals surface area contributed by atoms with Crippen LogP contribution in [0.5, 0.6) is 0 Å². The second kappa shape index (κ2) is 7.18. The van der Waals surface area contributed by atoms with E-state index in [-0.39, 0.29) is 5.91 Å². The van der Waals surface area contributed by atoms with Gasteiger partial charge in [-0.1, -0.05) is 19.9 Å². The predicted molar refractivity (Wildman–Crippen MR) is 72.1 cm³/mol. The molecule has 0 fully saturated rings. The highest BCUT2D eigenvalue weighted by atomic mass is 16.2. The van der Waals surface area contributed by atoms with E-state index in [1.807, 2.05) is 19.9 Å². The zero-order valence-electron chi connectivity index (χ0n) is 11.3. The zero-order chi connectivity index (χ0) is 14.3. The van der Waals surface area contributed by atoms with E-state index in [0.29, 0.717) is 36.6 Å². The molecular formula is C15H17N3O. The summed E-state index contributed by atoms with van der Waals surface area (Å²) in [6.45, 7) is 5.08. The van der Waals surface area contributed by atoms with Crippen LogP contribution in [0.25, 0.3) is 0 Å². The van der Waals surface area contributed by atoms with Crippen molar-refractivity contribution in [3.63, 3.8) is 0 Å². The number of hydrogen-bond acceptors (Lipinski definition) is 3. The smallest absolute Gasteiger partial charge is 0.253 e. The van der Waals surface area contributed by atoms with Gasteiger partial charge in [0.1, 0.15) is 0 Å². The standard InChI is InChI=1S/C15H17N3O/c1-12(2)11-18(8-4-7-16)15(19)14-6-3-5-13(9-14)10-17/h3,5-6,9,12H,4,8,11H2,1-2H3. The molecule has 0 aromatic heterocycles. The molecule has 4 heteroatoms. The van der Waals surface area contributed by atoms with E-state index >= 15 is 0 Å². The maximum atomic E-state index is 12.4. The fraction of sp³-hybridized carbons (Fsp3) is 0.400. The maximum Gasteiger partial charge on any atom is 0.253 e. The van der Waals surface area contributed by atoms with E-state index in [9.17, 15) is 4.79 Å². The van der Waals surface area contributed by atoms with E-state index in [2.05, 4.69) is 6.07 Å². The Labute approximate surface area is 113 Å². The number of carbonyl (C=O) groups excluding carboxylic acids is 1. The van der Waals surface area contributed by atoms with E-state index in [1.54, 1.807) is 29.2 Å². The Hall–Kier alpha value is -2.33. The second-order valence-corrected chi connectivity index (χ2v) is 4.75. The lowest BCUT2D eigenvalue weighted by atomic mass is 10.1. The molecule has 4 nitrogen and oxygen atoms in total. The molecule has 0 bridgehead atoms. The summed E-state index contributed by atoms with van der Waals surface area (Å²) in [5.41, 5.74) is 0.966. The largest absolute Gasteiger partial charge is 0.337 e. The van der Waals surface area contributed by atoms with Crippen LogP contribution in [-0.2, 0) is 0 Å². The number of hydrogen-bond donors (Lipinski definition) is 0. The van der Waals surface area contributed by atoms with Crippen molar-refractivity contribution in [3.8, 4) is 12.1 Å². The average molecular weight is 255 g/mol. The Bertz CT molecular complexity index is 523. The number of benzene rings is 1. The van der Waals surface area contributed by atoms with E-state index in [4.69, 9.17) is 10.5 Å². The van der Waals surface area contributed by atoms with Gasteiger partial charge in [-0.15, -0.1) is 0 Å². The Morgan fingerprint density at radius 2 is 2.11 bits per heavy atom. The van der Waals surface area contributed by atoms with Gasteiger partial charge in [-0.3, -0.25) is 4.79 Å². The van der Waals surface area contributed by atoms with E-state index in [1.165, 1.54) is 0 Å². The first-order valence-corrected chi connectivity index (χ1v) is 6.25. The van der Waals surface area contributed by atoms with Gasteiger partial charge in [0.25, 0.3) is 5.91 Å². The first-order chi connectivity index (χ1) is 9.08. The molecule has 0 saturated carbocycles. The van der Waals surface area contributed by atoms with Gasteiger partial charge in [-0.05, 0) is 24.1 Å². The highest BCUT2D eigenvalue weighted by molar-refractivity contribution is 5.94. The molecule has 0 saturated heterocycles. The molecule has 98 valence electrons. The van der Waals surface area contributed by atoms with Crippen LogP contribution >= 0.6 is 0 Å². The molecule has 1 aromatic rings. The van der Waals surface area contributed by atoms with Crippen LogP contribution in [0.1, 0.15) is 36.2 Å². The summed E-state index contributed by atoms with van der Waals surface area (Å²) in [6.07, 6.45) is 0.316. The zero-order valence-corrected chi connectivity index (χ0v) is 11.3. The number of nitriles is 2. The first-order valence-electron chi connectivity index (χ1n) is 6.25. The van der Waals surface area contributed by atoms with Gasteiger partial charge in [-0.25, -0.2) is 0 Å². The van der Waals surface area contributed by atoms with Gasteiger partial charge in [0.05, 0.1) is 24.1 Å². The molecule has 0 heterocycles. The average Bonchev–Trinajstić information content (AvgIpc) is 2.42. The third-order valence-corrected chi connectivity index (χ3v) is 2.60. The van der Waals surface area contributed by atoms with Gasteiger partial charge in [-0.2, -0.15) is 10.5 Å². The van der Waals surface area contributed by atoms with Gasteiger partial charge in [0, 0.05) is 18.7 Å². The predicted octanol–water partition coefficient (Wildman–Crippen LogP) is 2.57. The lowest BCUT2D eigenvalue weighted by molar-refractivity contribution is 0.0740. The quantitative estimate of drug-likeness (QED) is 0.812. The van der Waals surface area contributed by atoms with Crippen molar-refractivity contribution in [3.05, 3.63) is 35.4 Å². The van der Waals surface area contributed by atoms with Crippen LogP contribution in [0.4, 0.5) is 0 Å². The van der Waals surface area contributed by atoms with Crippen LogP contribution in [0.3, 0.4) is 0 Å². The van der Waals surface area contributed by atoms with Gasteiger partial charge in [0.2, 0.25) is 0 Å². The molecular weight excluding hydrogens is 238 g/mol. The summed E-state index contributed by atoms with van der Waals surface area (Å²) < 4.78 is 0. The van der Waals surface area contributed by atoms with Crippen molar-refractivity contribution in [2.24, 2.45) is 5.92 Å². The molecule has 0 N–H and O–H groups in total. The molecule has 0 unspecified atom stereocenters. The topological polar surface area (TPSA) is 67.9 Å². The van der Waals surface area contributed by atoms with Gasteiger partial charge in [0.15, 0.2) is 0 Å². The summed E-state index contributed by atoms with van der Waals surface area (Å²) in [5.74, 6) is 0.211. The van der Waals surface area contributed by atoms with Crippen LogP contribution in [0.15, 0.2) is 24.3 Å². The lowest BCUT2D eigenvalue weighted by Gasteiger charge is -2.23. The van der Waals surface area contributed by atoms with Crippen molar-refractivity contribution >= 4 is 5.91 Å². The van der Waals surface area contributed by atoms with Crippen LogP contribution in [0.2, 0.25) is 0 Å². The summed E-state index contributed by atoms with van der Waals surface area (Å²) in [7, 11) is 0. The highest BCUT2D eigenvalue weighted by Crippen LogP contribution is 2.10. The third-order valence-electron chi connectivity index (χ3n) is 2.60. The minimum Gasteiger partial charge on any atom is -0.337 e. The Balaban J connectivity index is 2.91. The van der Waals surface area contributed by atoms with Crippen molar-refractivity contribution in [1.82, 2.24) is 4.90 Å². The molecule has 1 aromatic carbocycles. The molecule has 0 aliphatic rings. The minimum absolute atomic E-state index is 0.124. The third kappa shape index (κ3) is 4.44. The Morgan fingerprint density at radius 3 is 2.68 bits per heavy atom. The molecule has 1 rings (SSSR count). The lowest BCUT2D eigenvalue weighted by Crippen LogP contribution is -2.35. The summed E-state index contributed by atoms with van der Waals surface area (Å²) >= 11 is 0. The molecule has 1 amide bonds. The van der Waals surface area contributed by atoms with Crippen molar-refractivity contribution in [2.45, 2.75) is 20.3 Å².